The van der Waals surface area contributed by atoms with Gasteiger partial charge in [-0.05, 0) is 49.7 Å². The van der Waals surface area contributed by atoms with Crippen LogP contribution in [0.5, 0.6) is 0 Å². The van der Waals surface area contributed by atoms with Crippen LogP contribution in [0.25, 0.3) is 0 Å². The van der Waals surface area contributed by atoms with Gasteiger partial charge in [0.05, 0.1) is 5.92 Å². The molecule has 7 heteroatoms. The molecule has 4 atom stereocenters. The Kier molecular flexibility index (Phi) is 6.27. The number of likely N-dealkylation sites (tertiary alicyclic amines) is 2. The average molecular weight is 393 g/mol. The zero-order chi connectivity index (χ0) is 18.1. The summed E-state index contributed by atoms with van der Waals surface area (Å²) >= 11 is 0. The minimum Gasteiger partial charge on any atom is -0.342 e. The molecule has 1 aromatic rings. The standard InChI is InChI=1S/C20H28N4O2.ClH/c21-18-9-8-14-11-24(13-17(14)18)19(25)15-5-4-10-23(12-15)20(26)22-16-6-2-1-3-7-16;/h1-3,6-7,14-15,17-18H,4-5,8-13,21H2,(H,22,26);1H. The van der Waals surface area contributed by atoms with Crippen LogP contribution in [0.2, 0.25) is 0 Å². The van der Waals surface area contributed by atoms with Crippen molar-refractivity contribution in [3.8, 4) is 0 Å². The van der Waals surface area contributed by atoms with Crippen LogP contribution < -0.4 is 11.1 Å². The fraction of sp³-hybridized carbons (Fsp3) is 0.600. The number of hydrogen-bond donors (Lipinski definition) is 2. The molecule has 4 unspecified atom stereocenters. The van der Waals surface area contributed by atoms with E-state index in [4.69, 9.17) is 5.73 Å². The summed E-state index contributed by atoms with van der Waals surface area (Å²) in [5.41, 5.74) is 6.98. The molecule has 3 N–H and O–H groups in total. The third-order valence-electron chi connectivity index (χ3n) is 6.31. The molecule has 3 amide bonds. The topological polar surface area (TPSA) is 78.7 Å². The predicted molar refractivity (Wildman–Crippen MR) is 108 cm³/mol. The summed E-state index contributed by atoms with van der Waals surface area (Å²) in [6.07, 6.45) is 3.98. The number of nitrogens with zero attached hydrogens (tertiary/aromatic N) is 2. The van der Waals surface area contributed by atoms with Gasteiger partial charge in [-0.3, -0.25) is 4.79 Å². The highest BCUT2D eigenvalue weighted by atomic mass is 35.5. The van der Waals surface area contributed by atoms with Gasteiger partial charge < -0.3 is 20.9 Å². The minimum atomic E-state index is -0.117. The Bertz CT molecular complexity index is 671. The first-order valence-corrected chi connectivity index (χ1v) is 9.77. The van der Waals surface area contributed by atoms with Gasteiger partial charge in [0, 0.05) is 37.9 Å². The van der Waals surface area contributed by atoms with Crippen molar-refractivity contribution in [1.82, 2.24) is 9.80 Å². The number of benzene rings is 1. The van der Waals surface area contributed by atoms with Gasteiger partial charge in [-0.15, -0.1) is 12.4 Å². The van der Waals surface area contributed by atoms with Crippen LogP contribution in [0.4, 0.5) is 10.5 Å². The first kappa shape index (κ1) is 20.0. The van der Waals surface area contributed by atoms with E-state index in [2.05, 4.69) is 5.32 Å². The summed E-state index contributed by atoms with van der Waals surface area (Å²) in [5.74, 6) is 1.18. The molecule has 3 aliphatic rings. The predicted octanol–water partition coefficient (Wildman–Crippen LogP) is 2.55. The van der Waals surface area contributed by atoms with Gasteiger partial charge in [-0.2, -0.15) is 0 Å². The zero-order valence-electron chi connectivity index (χ0n) is 15.5. The summed E-state index contributed by atoms with van der Waals surface area (Å²) < 4.78 is 0. The summed E-state index contributed by atoms with van der Waals surface area (Å²) in [5, 5.41) is 2.92. The largest absolute Gasteiger partial charge is 0.342 e. The van der Waals surface area contributed by atoms with Crippen LogP contribution in [-0.4, -0.2) is 54.0 Å². The maximum absolute atomic E-state index is 13.0. The lowest BCUT2D eigenvalue weighted by Gasteiger charge is -2.34. The van der Waals surface area contributed by atoms with Gasteiger partial charge in [0.2, 0.25) is 5.91 Å². The maximum atomic E-state index is 13.0. The molecule has 2 heterocycles. The van der Waals surface area contributed by atoms with E-state index >= 15 is 0 Å². The highest BCUT2D eigenvalue weighted by molar-refractivity contribution is 5.90. The van der Waals surface area contributed by atoms with Crippen molar-refractivity contribution in [2.24, 2.45) is 23.5 Å². The molecule has 0 bridgehead atoms. The minimum absolute atomic E-state index is 0. The highest BCUT2D eigenvalue weighted by Crippen LogP contribution is 2.38. The summed E-state index contributed by atoms with van der Waals surface area (Å²) in [4.78, 5) is 29.3. The monoisotopic (exact) mass is 392 g/mol. The Labute approximate surface area is 166 Å². The number of fused-ring (bicyclic) bond motifs is 1. The quantitative estimate of drug-likeness (QED) is 0.811. The molecule has 4 rings (SSSR count). The van der Waals surface area contributed by atoms with E-state index in [0.717, 1.165) is 44.5 Å². The first-order valence-electron chi connectivity index (χ1n) is 9.77. The normalized spacial score (nSPS) is 29.8. The lowest BCUT2D eigenvalue weighted by molar-refractivity contribution is -0.136. The van der Waals surface area contributed by atoms with Crippen LogP contribution in [0.1, 0.15) is 25.7 Å². The molecular formula is C20H29ClN4O2. The Hall–Kier alpha value is -1.79. The van der Waals surface area contributed by atoms with Crippen LogP contribution in [-0.2, 0) is 4.79 Å². The Morgan fingerprint density at radius 3 is 2.52 bits per heavy atom. The second kappa shape index (κ2) is 8.48. The SMILES string of the molecule is Cl.NC1CCC2CN(C(=O)C3CCCN(C(=O)Nc4ccccc4)C3)CC12. The van der Waals surface area contributed by atoms with Gasteiger partial charge in [0.25, 0.3) is 0 Å². The highest BCUT2D eigenvalue weighted by Gasteiger charge is 2.44. The van der Waals surface area contributed by atoms with E-state index in [0.29, 0.717) is 24.9 Å². The second-order valence-electron chi connectivity index (χ2n) is 7.99. The Morgan fingerprint density at radius 2 is 1.78 bits per heavy atom. The number of anilines is 1. The number of carbonyl (C=O) groups excluding carboxylic acids is 2. The molecule has 2 aliphatic heterocycles. The molecule has 2 saturated heterocycles. The molecule has 0 aromatic heterocycles. The van der Waals surface area contributed by atoms with Crippen molar-refractivity contribution in [3.63, 3.8) is 0 Å². The van der Waals surface area contributed by atoms with Crippen molar-refractivity contribution in [1.29, 1.82) is 0 Å². The Balaban J connectivity index is 0.00000210. The number of para-hydroxylation sites is 1. The smallest absolute Gasteiger partial charge is 0.321 e. The molecule has 1 aliphatic carbocycles. The summed E-state index contributed by atoms with van der Waals surface area (Å²) in [6.45, 7) is 2.87. The van der Waals surface area contributed by atoms with Crippen molar-refractivity contribution >= 4 is 30.0 Å². The summed E-state index contributed by atoms with van der Waals surface area (Å²) in [6, 6.07) is 9.59. The van der Waals surface area contributed by atoms with Crippen LogP contribution >= 0.6 is 12.4 Å². The van der Waals surface area contributed by atoms with Crippen molar-refractivity contribution < 1.29 is 9.59 Å². The van der Waals surface area contributed by atoms with E-state index in [9.17, 15) is 9.59 Å². The maximum Gasteiger partial charge on any atom is 0.321 e. The van der Waals surface area contributed by atoms with E-state index in [1.54, 1.807) is 4.90 Å². The number of nitrogens with two attached hydrogens (primary N) is 1. The van der Waals surface area contributed by atoms with Gasteiger partial charge >= 0.3 is 6.03 Å². The van der Waals surface area contributed by atoms with Crippen LogP contribution in [0.3, 0.4) is 0 Å². The van der Waals surface area contributed by atoms with E-state index in [1.165, 1.54) is 0 Å². The van der Waals surface area contributed by atoms with Crippen molar-refractivity contribution in [3.05, 3.63) is 30.3 Å². The number of piperidine rings is 1. The number of amides is 3. The van der Waals surface area contributed by atoms with Gasteiger partial charge in [0.15, 0.2) is 0 Å². The number of carbonyl (C=O) groups is 2. The molecule has 1 aromatic carbocycles. The van der Waals surface area contributed by atoms with E-state index in [1.807, 2.05) is 35.2 Å². The molecule has 0 spiro atoms. The third kappa shape index (κ3) is 4.22. The number of hydrogen-bond acceptors (Lipinski definition) is 3. The first-order chi connectivity index (χ1) is 12.6. The molecule has 1 saturated carbocycles. The number of rotatable bonds is 2. The molecular weight excluding hydrogens is 364 g/mol. The summed E-state index contributed by atoms with van der Waals surface area (Å²) in [7, 11) is 0. The van der Waals surface area contributed by atoms with E-state index < -0.39 is 0 Å². The Morgan fingerprint density at radius 1 is 1.00 bits per heavy atom. The van der Waals surface area contributed by atoms with Crippen LogP contribution in [0.15, 0.2) is 30.3 Å². The van der Waals surface area contributed by atoms with Crippen LogP contribution in [0, 0.1) is 17.8 Å². The third-order valence-corrected chi connectivity index (χ3v) is 6.31. The average Bonchev–Trinajstić information content (AvgIpc) is 3.24. The number of halogens is 1. The van der Waals surface area contributed by atoms with Crippen molar-refractivity contribution in [2.45, 2.75) is 31.7 Å². The number of nitrogens with one attached hydrogen (secondary N) is 1. The zero-order valence-corrected chi connectivity index (χ0v) is 16.4. The molecule has 6 nitrogen and oxygen atoms in total. The fourth-order valence-electron chi connectivity index (χ4n) is 4.83. The fourth-order valence-corrected chi connectivity index (χ4v) is 4.83. The molecule has 3 fully saturated rings. The van der Waals surface area contributed by atoms with Gasteiger partial charge in [-0.1, -0.05) is 18.2 Å². The van der Waals surface area contributed by atoms with Crippen molar-refractivity contribution in [2.75, 3.05) is 31.5 Å². The van der Waals surface area contributed by atoms with Gasteiger partial charge in [0.1, 0.15) is 0 Å². The van der Waals surface area contributed by atoms with E-state index in [-0.39, 0.29) is 36.3 Å². The molecule has 27 heavy (non-hydrogen) atoms. The molecule has 0 radical (unpaired) electrons. The lowest BCUT2D eigenvalue weighted by Crippen LogP contribution is -2.48. The second-order valence-corrected chi connectivity index (χ2v) is 7.99. The molecule has 148 valence electrons. The van der Waals surface area contributed by atoms with Gasteiger partial charge in [-0.25, -0.2) is 4.79 Å². The lowest BCUT2D eigenvalue weighted by atomic mass is 9.96. The number of urea groups is 1.